The molecule has 0 heterocycles. The zero-order valence-corrected chi connectivity index (χ0v) is 12.3. The molecule has 3 N–H and O–H groups in total. The van der Waals surface area contributed by atoms with Crippen LogP contribution in [-0.4, -0.2) is 33.4 Å². The Balaban J connectivity index is 0.000000381. The normalized spacial score (nSPS) is 10.8. The van der Waals surface area contributed by atoms with Crippen LogP contribution in [0.3, 0.4) is 0 Å². The van der Waals surface area contributed by atoms with Crippen LogP contribution in [0.15, 0.2) is 58.8 Å². The van der Waals surface area contributed by atoms with Crippen molar-refractivity contribution in [3.8, 4) is 5.75 Å². The summed E-state index contributed by atoms with van der Waals surface area (Å²) in [6.45, 7) is 0. The Morgan fingerprint density at radius 2 is 1.40 bits per heavy atom. The highest BCUT2D eigenvalue weighted by Gasteiger charge is 2.38. The third-order valence-corrected chi connectivity index (χ3v) is 2.50. The van der Waals surface area contributed by atoms with Crippen LogP contribution in [0.5, 0.6) is 5.75 Å². The van der Waals surface area contributed by atoms with Gasteiger partial charge in [0.05, 0.1) is 11.3 Å². The molecular formula is C15H11F3N2O5. The molecule has 0 fully saturated rings. The van der Waals surface area contributed by atoms with Crippen molar-refractivity contribution in [2.45, 2.75) is 6.18 Å². The molecule has 0 aliphatic rings. The highest BCUT2D eigenvalue weighted by Crippen LogP contribution is 2.23. The van der Waals surface area contributed by atoms with E-state index in [1.165, 1.54) is 18.2 Å². The van der Waals surface area contributed by atoms with E-state index in [2.05, 4.69) is 10.2 Å². The van der Waals surface area contributed by atoms with E-state index >= 15 is 0 Å². The molecular weight excluding hydrogens is 345 g/mol. The third-order valence-electron chi connectivity index (χ3n) is 2.50. The fourth-order valence-electron chi connectivity index (χ4n) is 1.37. The number of rotatable bonds is 3. The van der Waals surface area contributed by atoms with Crippen molar-refractivity contribution in [2.24, 2.45) is 10.2 Å². The lowest BCUT2D eigenvalue weighted by Crippen LogP contribution is -2.21. The van der Waals surface area contributed by atoms with E-state index in [0.717, 1.165) is 0 Å². The maximum atomic E-state index is 10.9. The van der Waals surface area contributed by atoms with Crippen molar-refractivity contribution in [3.05, 3.63) is 54.1 Å². The van der Waals surface area contributed by atoms with E-state index in [1.54, 1.807) is 30.3 Å². The summed E-state index contributed by atoms with van der Waals surface area (Å²) in [6, 6.07) is 12.5. The monoisotopic (exact) mass is 356 g/mol. The molecule has 2 aromatic rings. The predicted molar refractivity (Wildman–Crippen MR) is 79.4 cm³/mol. The van der Waals surface area contributed by atoms with Crippen molar-refractivity contribution >= 4 is 23.3 Å². The van der Waals surface area contributed by atoms with Gasteiger partial charge in [-0.3, -0.25) is 0 Å². The van der Waals surface area contributed by atoms with Gasteiger partial charge in [-0.2, -0.15) is 18.3 Å². The van der Waals surface area contributed by atoms with E-state index in [-0.39, 0.29) is 17.0 Å². The summed E-state index contributed by atoms with van der Waals surface area (Å²) in [4.78, 5) is 19.8. The summed E-state index contributed by atoms with van der Waals surface area (Å²) in [5, 5.41) is 33.0. The number of nitrogens with zero attached hydrogens (tertiary/aromatic N) is 2. The van der Waals surface area contributed by atoms with Crippen LogP contribution in [0.2, 0.25) is 0 Å². The number of azo groups is 1. The molecule has 7 nitrogen and oxygen atoms in total. The maximum absolute atomic E-state index is 10.9. The fourth-order valence-corrected chi connectivity index (χ4v) is 1.37. The number of phenols is 1. The van der Waals surface area contributed by atoms with Gasteiger partial charge in [-0.15, -0.1) is 5.11 Å². The molecule has 2 aromatic carbocycles. The summed E-state index contributed by atoms with van der Waals surface area (Å²) in [6.07, 6.45) is -5.08. The molecule has 0 atom stereocenters. The zero-order valence-electron chi connectivity index (χ0n) is 12.3. The lowest BCUT2D eigenvalue weighted by Gasteiger charge is -1.98. The van der Waals surface area contributed by atoms with Gasteiger partial charge in [0.1, 0.15) is 11.4 Å². The molecule has 10 heteroatoms. The first-order valence-electron chi connectivity index (χ1n) is 6.44. The molecule has 2 rings (SSSR count). The molecule has 0 aliphatic carbocycles. The van der Waals surface area contributed by atoms with Crippen molar-refractivity contribution in [1.29, 1.82) is 0 Å². The van der Waals surface area contributed by atoms with Crippen molar-refractivity contribution < 1.29 is 38.1 Å². The first kappa shape index (κ1) is 19.6. The number of hydrogen-bond donors (Lipinski definition) is 3. The van der Waals surface area contributed by atoms with Gasteiger partial charge in [-0.05, 0) is 36.4 Å². The van der Waals surface area contributed by atoms with Crippen LogP contribution >= 0.6 is 0 Å². The van der Waals surface area contributed by atoms with E-state index in [1.807, 2.05) is 0 Å². The van der Waals surface area contributed by atoms with Gasteiger partial charge in [0.2, 0.25) is 0 Å². The summed E-state index contributed by atoms with van der Waals surface area (Å²) in [7, 11) is 0. The molecule has 25 heavy (non-hydrogen) atoms. The molecule has 0 saturated heterocycles. The third kappa shape index (κ3) is 6.69. The van der Waals surface area contributed by atoms with Gasteiger partial charge in [0.25, 0.3) is 0 Å². The Kier molecular flexibility index (Phi) is 6.61. The number of carboxylic acid groups (broad SMARTS) is 2. The molecule has 0 radical (unpaired) electrons. The molecule has 0 aliphatic heterocycles. The Morgan fingerprint density at radius 1 is 0.880 bits per heavy atom. The summed E-state index contributed by atoms with van der Waals surface area (Å²) in [5.41, 5.74) is 0.922. The van der Waals surface area contributed by atoms with Gasteiger partial charge in [0.15, 0.2) is 0 Å². The first-order valence-corrected chi connectivity index (χ1v) is 6.44. The second kappa shape index (κ2) is 8.43. The lowest BCUT2D eigenvalue weighted by molar-refractivity contribution is -0.192. The maximum Gasteiger partial charge on any atom is 0.490 e. The number of carboxylic acids is 2. The SMILES string of the molecule is O=C(O)C(F)(F)F.O=C(O)c1ccccc1N=Nc1ccc(O)cc1. The topological polar surface area (TPSA) is 120 Å². The number of halogens is 3. The number of aromatic hydroxyl groups is 1. The van der Waals surface area contributed by atoms with Crippen LogP contribution in [0, 0.1) is 0 Å². The number of phenolic OH excluding ortho intramolecular Hbond substituents is 1. The van der Waals surface area contributed by atoms with Crippen molar-refractivity contribution in [1.82, 2.24) is 0 Å². The average molecular weight is 356 g/mol. The number of aliphatic carboxylic acids is 1. The van der Waals surface area contributed by atoms with Gasteiger partial charge >= 0.3 is 18.1 Å². The van der Waals surface area contributed by atoms with Gasteiger partial charge in [-0.1, -0.05) is 12.1 Å². The smallest absolute Gasteiger partial charge is 0.490 e. The molecule has 0 bridgehead atoms. The Morgan fingerprint density at radius 3 is 1.88 bits per heavy atom. The van der Waals surface area contributed by atoms with Crippen LogP contribution in [0.1, 0.15) is 10.4 Å². The van der Waals surface area contributed by atoms with Gasteiger partial charge < -0.3 is 15.3 Å². The minimum absolute atomic E-state index is 0.0972. The summed E-state index contributed by atoms with van der Waals surface area (Å²) >= 11 is 0. The van der Waals surface area contributed by atoms with Crippen molar-refractivity contribution in [2.75, 3.05) is 0 Å². The minimum atomic E-state index is -5.08. The van der Waals surface area contributed by atoms with Crippen LogP contribution in [-0.2, 0) is 4.79 Å². The van der Waals surface area contributed by atoms with E-state index < -0.39 is 18.1 Å². The number of benzene rings is 2. The molecule has 0 amide bonds. The predicted octanol–water partition coefficient (Wildman–Crippen LogP) is 4.14. The highest BCUT2D eigenvalue weighted by atomic mass is 19.4. The second-order valence-electron chi connectivity index (χ2n) is 4.34. The quantitative estimate of drug-likeness (QED) is 0.714. The van der Waals surface area contributed by atoms with Crippen LogP contribution in [0.25, 0.3) is 0 Å². The summed E-state index contributed by atoms with van der Waals surface area (Å²) in [5.74, 6) is -3.66. The van der Waals surface area contributed by atoms with Crippen LogP contribution < -0.4 is 0 Å². The second-order valence-corrected chi connectivity index (χ2v) is 4.34. The first-order chi connectivity index (χ1) is 11.6. The fraction of sp³-hybridized carbons (Fsp3) is 0.0667. The number of carbonyl (C=O) groups is 2. The Labute approximate surface area is 138 Å². The zero-order chi connectivity index (χ0) is 19.0. The Hall–Kier alpha value is -3.43. The molecule has 0 aromatic heterocycles. The number of aromatic carboxylic acids is 1. The lowest BCUT2D eigenvalue weighted by atomic mass is 10.2. The largest absolute Gasteiger partial charge is 0.508 e. The van der Waals surface area contributed by atoms with Crippen LogP contribution in [0.4, 0.5) is 24.5 Å². The summed E-state index contributed by atoms with van der Waals surface area (Å²) < 4.78 is 31.7. The van der Waals surface area contributed by atoms with E-state index in [9.17, 15) is 18.0 Å². The number of alkyl halides is 3. The van der Waals surface area contributed by atoms with Gasteiger partial charge in [-0.25, -0.2) is 9.59 Å². The molecule has 132 valence electrons. The van der Waals surface area contributed by atoms with Crippen molar-refractivity contribution in [3.63, 3.8) is 0 Å². The minimum Gasteiger partial charge on any atom is -0.508 e. The Bertz CT molecular complexity index is 773. The van der Waals surface area contributed by atoms with Gasteiger partial charge in [0, 0.05) is 0 Å². The molecule has 0 saturated carbocycles. The highest BCUT2D eigenvalue weighted by molar-refractivity contribution is 5.93. The molecule has 0 spiro atoms. The molecule has 0 unspecified atom stereocenters. The standard InChI is InChI=1S/C13H10N2O3.C2HF3O2/c16-10-7-5-9(6-8-10)14-15-12-4-2-1-3-11(12)13(17)18;3-2(4,5)1(6)7/h1-8,16H,(H,17,18);(H,6,7). The number of hydrogen-bond acceptors (Lipinski definition) is 5. The van der Waals surface area contributed by atoms with E-state index in [4.69, 9.17) is 20.1 Å². The average Bonchev–Trinajstić information content (AvgIpc) is 2.54. The van der Waals surface area contributed by atoms with E-state index in [0.29, 0.717) is 5.69 Å².